The molecule has 1 aliphatic heterocycles. The molecule has 3 rings (SSSR count). The number of nitrogens with one attached hydrogen (secondary N) is 1. The number of benzene rings is 1. The minimum Gasteiger partial charge on any atom is -0.494 e. The normalized spacial score (nSPS) is 14.1. The molecule has 1 amide bonds. The third kappa shape index (κ3) is 7.45. The molecule has 1 aliphatic rings. The number of halogens is 2. The fraction of sp³-hybridized carbons (Fsp3) is 0.524. The Labute approximate surface area is 190 Å². The maximum Gasteiger partial charge on any atom is 0.228 e. The Hall–Kier alpha value is -1.34. The molecule has 0 bridgehead atoms. The SMILES string of the molecule is CCOc1ccc(-c2nc(CC(=O)N3CCC(CCNC)CC3)cs2)cc1.Cl.Cl. The van der Waals surface area contributed by atoms with Crippen molar-refractivity contribution in [2.75, 3.05) is 33.3 Å². The summed E-state index contributed by atoms with van der Waals surface area (Å²) >= 11 is 1.59. The van der Waals surface area contributed by atoms with Crippen LogP contribution in [0.4, 0.5) is 0 Å². The average molecular weight is 460 g/mol. The van der Waals surface area contributed by atoms with Crippen LogP contribution in [0.15, 0.2) is 29.6 Å². The summed E-state index contributed by atoms with van der Waals surface area (Å²) in [7, 11) is 1.99. The molecule has 162 valence electrons. The second-order valence-corrected chi connectivity index (χ2v) is 7.85. The lowest BCUT2D eigenvalue weighted by atomic mass is 9.93. The predicted octanol–water partition coefficient (Wildman–Crippen LogP) is 4.44. The van der Waals surface area contributed by atoms with Gasteiger partial charge in [0, 0.05) is 24.0 Å². The number of likely N-dealkylation sites (tertiary alicyclic amines) is 1. The molecular formula is C21H31Cl2N3O2S. The Kier molecular flexibility index (Phi) is 11.6. The fourth-order valence-corrected chi connectivity index (χ4v) is 4.29. The third-order valence-corrected chi connectivity index (χ3v) is 6.01. The van der Waals surface area contributed by atoms with Crippen molar-refractivity contribution in [3.05, 3.63) is 35.3 Å². The first-order valence-corrected chi connectivity index (χ1v) is 10.7. The number of rotatable bonds is 8. The molecule has 0 aliphatic carbocycles. The van der Waals surface area contributed by atoms with Crippen molar-refractivity contribution in [2.24, 2.45) is 5.92 Å². The van der Waals surface area contributed by atoms with Crippen molar-refractivity contribution in [3.8, 4) is 16.3 Å². The van der Waals surface area contributed by atoms with Gasteiger partial charge in [0.25, 0.3) is 0 Å². The van der Waals surface area contributed by atoms with E-state index in [0.29, 0.717) is 13.0 Å². The van der Waals surface area contributed by atoms with E-state index in [-0.39, 0.29) is 30.7 Å². The summed E-state index contributed by atoms with van der Waals surface area (Å²) in [6, 6.07) is 7.96. The summed E-state index contributed by atoms with van der Waals surface area (Å²) in [5.41, 5.74) is 1.93. The maximum absolute atomic E-state index is 12.6. The second kappa shape index (κ2) is 13.1. The monoisotopic (exact) mass is 459 g/mol. The third-order valence-electron chi connectivity index (χ3n) is 5.07. The minimum absolute atomic E-state index is 0. The molecule has 1 fully saturated rings. The van der Waals surface area contributed by atoms with Crippen LogP contribution in [0.1, 0.15) is 31.9 Å². The number of ether oxygens (including phenoxy) is 1. The van der Waals surface area contributed by atoms with Gasteiger partial charge < -0.3 is 15.0 Å². The van der Waals surface area contributed by atoms with Gasteiger partial charge in [-0.25, -0.2) is 4.98 Å². The van der Waals surface area contributed by atoms with Crippen LogP contribution in [0.2, 0.25) is 0 Å². The number of hydrogen-bond acceptors (Lipinski definition) is 5. The number of hydrogen-bond donors (Lipinski definition) is 1. The Bertz CT molecular complexity index is 732. The number of amides is 1. The van der Waals surface area contributed by atoms with E-state index in [1.807, 2.05) is 48.5 Å². The molecule has 0 radical (unpaired) electrons. The molecule has 5 nitrogen and oxygen atoms in total. The van der Waals surface area contributed by atoms with Crippen LogP contribution in [0, 0.1) is 5.92 Å². The van der Waals surface area contributed by atoms with E-state index in [9.17, 15) is 4.79 Å². The van der Waals surface area contributed by atoms with E-state index < -0.39 is 0 Å². The summed E-state index contributed by atoms with van der Waals surface area (Å²) in [6.45, 7) is 5.45. The maximum atomic E-state index is 12.6. The Balaban J connectivity index is 0.00000210. The molecule has 0 atom stereocenters. The van der Waals surface area contributed by atoms with Crippen LogP contribution in [-0.4, -0.2) is 49.1 Å². The first kappa shape index (κ1) is 25.7. The minimum atomic E-state index is 0. The summed E-state index contributed by atoms with van der Waals surface area (Å²) in [4.78, 5) is 19.3. The van der Waals surface area contributed by atoms with Gasteiger partial charge in [-0.1, -0.05) is 0 Å². The van der Waals surface area contributed by atoms with E-state index >= 15 is 0 Å². The van der Waals surface area contributed by atoms with Crippen LogP contribution in [0.3, 0.4) is 0 Å². The zero-order chi connectivity index (χ0) is 19.1. The lowest BCUT2D eigenvalue weighted by Crippen LogP contribution is -2.39. The molecule has 2 aromatic rings. The average Bonchev–Trinajstić information content (AvgIpc) is 3.16. The number of carbonyl (C=O) groups excluding carboxylic acids is 1. The van der Waals surface area contributed by atoms with Gasteiger partial charge in [-0.2, -0.15) is 0 Å². The zero-order valence-corrected chi connectivity index (χ0v) is 19.5. The van der Waals surface area contributed by atoms with Gasteiger partial charge >= 0.3 is 0 Å². The van der Waals surface area contributed by atoms with Crippen molar-refractivity contribution < 1.29 is 9.53 Å². The van der Waals surface area contributed by atoms with Crippen molar-refractivity contribution in [2.45, 2.75) is 32.6 Å². The molecule has 1 aromatic heterocycles. The van der Waals surface area contributed by atoms with Crippen molar-refractivity contribution in [1.82, 2.24) is 15.2 Å². The number of thiazole rings is 1. The highest BCUT2D eigenvalue weighted by atomic mass is 35.5. The van der Waals surface area contributed by atoms with E-state index in [0.717, 1.165) is 60.4 Å². The molecule has 8 heteroatoms. The molecule has 29 heavy (non-hydrogen) atoms. The lowest BCUT2D eigenvalue weighted by Gasteiger charge is -2.32. The highest BCUT2D eigenvalue weighted by Crippen LogP contribution is 2.26. The van der Waals surface area contributed by atoms with E-state index in [4.69, 9.17) is 4.74 Å². The van der Waals surface area contributed by atoms with Gasteiger partial charge in [0.2, 0.25) is 5.91 Å². The molecule has 0 saturated carbocycles. The topological polar surface area (TPSA) is 54.5 Å². The van der Waals surface area contributed by atoms with E-state index in [2.05, 4.69) is 10.3 Å². The van der Waals surface area contributed by atoms with Gasteiger partial charge in [0.1, 0.15) is 10.8 Å². The van der Waals surface area contributed by atoms with Gasteiger partial charge in [-0.15, -0.1) is 36.2 Å². The van der Waals surface area contributed by atoms with Crippen molar-refractivity contribution >= 4 is 42.1 Å². The molecular weight excluding hydrogens is 429 g/mol. The van der Waals surface area contributed by atoms with Crippen molar-refractivity contribution in [3.63, 3.8) is 0 Å². The zero-order valence-electron chi connectivity index (χ0n) is 17.1. The molecule has 0 spiro atoms. The first-order chi connectivity index (χ1) is 13.2. The largest absolute Gasteiger partial charge is 0.494 e. The fourth-order valence-electron chi connectivity index (χ4n) is 3.47. The summed E-state index contributed by atoms with van der Waals surface area (Å²) in [5, 5.41) is 6.17. The number of nitrogens with zero attached hydrogens (tertiary/aromatic N) is 2. The molecule has 2 heterocycles. The lowest BCUT2D eigenvalue weighted by molar-refractivity contribution is -0.131. The van der Waals surface area contributed by atoms with Crippen LogP contribution in [0.25, 0.3) is 10.6 Å². The van der Waals surface area contributed by atoms with Crippen LogP contribution in [0.5, 0.6) is 5.75 Å². The van der Waals surface area contributed by atoms with E-state index in [1.54, 1.807) is 11.3 Å². The van der Waals surface area contributed by atoms with Gasteiger partial charge in [0.15, 0.2) is 0 Å². The summed E-state index contributed by atoms with van der Waals surface area (Å²) in [6.07, 6.45) is 3.83. The Morgan fingerprint density at radius 1 is 1.24 bits per heavy atom. The summed E-state index contributed by atoms with van der Waals surface area (Å²) in [5.74, 6) is 1.81. The molecule has 1 saturated heterocycles. The van der Waals surface area contributed by atoms with Crippen molar-refractivity contribution in [1.29, 1.82) is 0 Å². The summed E-state index contributed by atoms with van der Waals surface area (Å²) < 4.78 is 5.48. The van der Waals surface area contributed by atoms with Gasteiger partial charge in [0.05, 0.1) is 18.7 Å². The molecule has 1 N–H and O–H groups in total. The highest BCUT2D eigenvalue weighted by molar-refractivity contribution is 7.13. The smallest absolute Gasteiger partial charge is 0.228 e. The van der Waals surface area contributed by atoms with Crippen LogP contribution in [-0.2, 0) is 11.2 Å². The quantitative estimate of drug-likeness (QED) is 0.633. The van der Waals surface area contributed by atoms with Crippen LogP contribution >= 0.6 is 36.2 Å². The Morgan fingerprint density at radius 2 is 1.93 bits per heavy atom. The molecule has 1 aromatic carbocycles. The van der Waals surface area contributed by atoms with Gasteiger partial charge in [-0.05, 0) is 70.0 Å². The highest BCUT2D eigenvalue weighted by Gasteiger charge is 2.23. The van der Waals surface area contributed by atoms with Crippen LogP contribution < -0.4 is 10.1 Å². The van der Waals surface area contributed by atoms with E-state index in [1.165, 1.54) is 6.42 Å². The number of aromatic nitrogens is 1. The molecule has 0 unspecified atom stereocenters. The first-order valence-electron chi connectivity index (χ1n) is 9.79. The standard InChI is InChI=1S/C21H29N3O2S.2ClH/c1-3-26-19-6-4-17(5-7-19)21-23-18(15-27-21)14-20(25)24-12-9-16(10-13-24)8-11-22-2;;/h4-7,15-16,22H,3,8-14H2,1-2H3;2*1H. The second-order valence-electron chi connectivity index (χ2n) is 6.99. The predicted molar refractivity (Wildman–Crippen MR) is 125 cm³/mol. The van der Waals surface area contributed by atoms with Gasteiger partial charge in [-0.3, -0.25) is 4.79 Å². The number of piperidine rings is 1. The number of carbonyl (C=O) groups is 1. The Morgan fingerprint density at radius 3 is 2.55 bits per heavy atom.